The minimum atomic E-state index is -2.87. The van der Waals surface area contributed by atoms with Crippen LogP contribution in [0.5, 0.6) is 0 Å². The SMILES string of the molecule is Cc1nnc(-c2ccc(N=S(C)(=O)c3ccccc3F)cc2)o1. The van der Waals surface area contributed by atoms with Crippen molar-refractivity contribution < 1.29 is 13.0 Å². The van der Waals surface area contributed by atoms with E-state index in [2.05, 4.69) is 14.6 Å². The Morgan fingerprint density at radius 2 is 1.78 bits per heavy atom. The van der Waals surface area contributed by atoms with E-state index < -0.39 is 15.5 Å². The molecule has 1 atom stereocenters. The van der Waals surface area contributed by atoms with Gasteiger partial charge in [0, 0.05) is 18.7 Å². The lowest BCUT2D eigenvalue weighted by atomic mass is 10.2. The molecule has 0 spiro atoms. The van der Waals surface area contributed by atoms with Crippen LogP contribution in [0.4, 0.5) is 10.1 Å². The van der Waals surface area contributed by atoms with E-state index in [1.54, 1.807) is 43.3 Å². The molecule has 0 aliphatic heterocycles. The van der Waals surface area contributed by atoms with Gasteiger partial charge in [-0.1, -0.05) is 12.1 Å². The van der Waals surface area contributed by atoms with E-state index in [-0.39, 0.29) is 4.90 Å². The molecular weight excluding hydrogens is 317 g/mol. The molecule has 0 aliphatic carbocycles. The molecule has 1 unspecified atom stereocenters. The molecular formula is C16H14FN3O2S. The zero-order chi connectivity index (χ0) is 16.4. The third kappa shape index (κ3) is 3.29. The molecule has 5 nitrogen and oxygen atoms in total. The number of nitrogens with zero attached hydrogens (tertiary/aromatic N) is 3. The molecule has 3 aromatic rings. The Labute approximate surface area is 133 Å². The van der Waals surface area contributed by atoms with Crippen LogP contribution in [0.2, 0.25) is 0 Å². The summed E-state index contributed by atoms with van der Waals surface area (Å²) >= 11 is 0. The molecule has 7 heteroatoms. The van der Waals surface area contributed by atoms with E-state index in [0.717, 1.165) is 5.56 Å². The predicted octanol–water partition coefficient (Wildman–Crippen LogP) is 3.97. The van der Waals surface area contributed by atoms with E-state index in [1.807, 2.05) is 0 Å². The van der Waals surface area contributed by atoms with Gasteiger partial charge in [0.25, 0.3) is 0 Å². The van der Waals surface area contributed by atoms with Crippen molar-refractivity contribution in [1.29, 1.82) is 0 Å². The van der Waals surface area contributed by atoms with E-state index in [1.165, 1.54) is 18.4 Å². The van der Waals surface area contributed by atoms with Crippen molar-refractivity contribution in [2.24, 2.45) is 4.36 Å². The van der Waals surface area contributed by atoms with Crippen LogP contribution in [0.1, 0.15) is 5.89 Å². The van der Waals surface area contributed by atoms with Crippen LogP contribution in [0.3, 0.4) is 0 Å². The second-order valence-electron chi connectivity index (χ2n) is 5.00. The smallest absolute Gasteiger partial charge is 0.247 e. The molecule has 0 saturated carbocycles. The van der Waals surface area contributed by atoms with Crippen LogP contribution in [-0.4, -0.2) is 20.7 Å². The van der Waals surface area contributed by atoms with Crippen LogP contribution in [0.15, 0.2) is 62.2 Å². The van der Waals surface area contributed by atoms with E-state index in [9.17, 15) is 8.60 Å². The highest BCUT2D eigenvalue weighted by atomic mass is 32.2. The van der Waals surface area contributed by atoms with E-state index in [0.29, 0.717) is 17.5 Å². The van der Waals surface area contributed by atoms with Gasteiger partial charge in [-0.3, -0.25) is 0 Å². The summed E-state index contributed by atoms with van der Waals surface area (Å²) in [5, 5.41) is 7.69. The minimum absolute atomic E-state index is 0.0941. The maximum absolute atomic E-state index is 13.8. The fourth-order valence-electron chi connectivity index (χ4n) is 2.08. The molecule has 0 amide bonds. The van der Waals surface area contributed by atoms with Crippen molar-refractivity contribution in [1.82, 2.24) is 10.2 Å². The van der Waals surface area contributed by atoms with Gasteiger partial charge in [-0.05, 0) is 36.4 Å². The lowest BCUT2D eigenvalue weighted by molar-refractivity contribution is 0.533. The number of aromatic nitrogens is 2. The largest absolute Gasteiger partial charge is 0.421 e. The summed E-state index contributed by atoms with van der Waals surface area (Å²) in [6.07, 6.45) is 1.42. The Kier molecular flexibility index (Phi) is 3.96. The standard InChI is InChI=1S/C16H14FN3O2S/c1-11-18-19-16(22-11)12-7-9-13(10-8-12)20-23(2,21)15-6-4-3-5-14(15)17/h3-10H,1-2H3. The number of halogens is 1. The lowest BCUT2D eigenvalue weighted by Crippen LogP contribution is -2.00. The summed E-state index contributed by atoms with van der Waals surface area (Å²) in [7, 11) is -2.87. The maximum Gasteiger partial charge on any atom is 0.247 e. The molecule has 1 heterocycles. The molecule has 3 rings (SSSR count). The van der Waals surface area contributed by atoms with Crippen molar-refractivity contribution in [2.75, 3.05) is 6.26 Å². The molecule has 0 bridgehead atoms. The summed E-state index contributed by atoms with van der Waals surface area (Å²) in [6, 6.07) is 12.8. The fourth-order valence-corrected chi connectivity index (χ4v) is 3.46. The molecule has 0 fully saturated rings. The molecule has 0 aliphatic rings. The van der Waals surface area contributed by atoms with Gasteiger partial charge in [0.05, 0.1) is 20.3 Å². The van der Waals surface area contributed by atoms with Crippen LogP contribution < -0.4 is 0 Å². The molecule has 23 heavy (non-hydrogen) atoms. The van der Waals surface area contributed by atoms with Crippen molar-refractivity contribution >= 4 is 15.4 Å². The molecule has 0 N–H and O–H groups in total. The number of rotatable bonds is 3. The first-order chi connectivity index (χ1) is 11.0. The summed E-state index contributed by atoms with van der Waals surface area (Å²) < 4.78 is 36.0. The van der Waals surface area contributed by atoms with Crippen molar-refractivity contribution in [3.8, 4) is 11.5 Å². The molecule has 2 aromatic carbocycles. The van der Waals surface area contributed by atoms with Gasteiger partial charge >= 0.3 is 0 Å². The van der Waals surface area contributed by atoms with Gasteiger partial charge in [0.1, 0.15) is 5.82 Å². The van der Waals surface area contributed by atoms with Gasteiger partial charge in [0.2, 0.25) is 11.8 Å². The Morgan fingerprint density at radius 3 is 2.39 bits per heavy atom. The number of benzene rings is 2. The van der Waals surface area contributed by atoms with Crippen LogP contribution in [-0.2, 0) is 9.73 Å². The second-order valence-corrected chi connectivity index (χ2v) is 7.22. The van der Waals surface area contributed by atoms with Gasteiger partial charge in [0.15, 0.2) is 0 Å². The van der Waals surface area contributed by atoms with Crippen molar-refractivity contribution in [2.45, 2.75) is 11.8 Å². The normalized spacial score (nSPS) is 13.5. The third-order valence-electron chi connectivity index (χ3n) is 3.16. The maximum atomic E-state index is 13.8. The Bertz CT molecular complexity index is 957. The lowest BCUT2D eigenvalue weighted by Gasteiger charge is -2.06. The summed E-state index contributed by atoms with van der Waals surface area (Å²) in [5.74, 6) is 0.354. The van der Waals surface area contributed by atoms with Gasteiger partial charge in [-0.25, -0.2) is 8.60 Å². The number of hydrogen-bond acceptors (Lipinski definition) is 5. The summed E-state index contributed by atoms with van der Waals surface area (Å²) in [6.45, 7) is 1.71. The minimum Gasteiger partial charge on any atom is -0.421 e. The number of hydrogen-bond donors (Lipinski definition) is 0. The highest BCUT2D eigenvalue weighted by Crippen LogP contribution is 2.25. The van der Waals surface area contributed by atoms with Crippen molar-refractivity contribution in [3.05, 3.63) is 60.2 Å². The predicted molar refractivity (Wildman–Crippen MR) is 85.3 cm³/mol. The van der Waals surface area contributed by atoms with Gasteiger partial charge in [-0.2, -0.15) is 4.36 Å². The summed E-state index contributed by atoms with van der Waals surface area (Å²) in [4.78, 5) is 0.0941. The first-order valence-corrected chi connectivity index (χ1v) is 8.75. The molecule has 118 valence electrons. The Hall–Kier alpha value is -2.54. The second kappa shape index (κ2) is 5.92. The highest BCUT2D eigenvalue weighted by Gasteiger charge is 2.12. The molecule has 1 aromatic heterocycles. The first-order valence-electron chi connectivity index (χ1n) is 6.83. The van der Waals surface area contributed by atoms with Crippen LogP contribution in [0.25, 0.3) is 11.5 Å². The van der Waals surface area contributed by atoms with E-state index in [4.69, 9.17) is 4.42 Å². The average molecular weight is 331 g/mol. The number of aryl methyl sites for hydroxylation is 1. The quantitative estimate of drug-likeness (QED) is 0.728. The van der Waals surface area contributed by atoms with Gasteiger partial charge < -0.3 is 4.42 Å². The zero-order valence-corrected chi connectivity index (χ0v) is 13.4. The Balaban J connectivity index is 1.96. The third-order valence-corrected chi connectivity index (χ3v) is 4.87. The Morgan fingerprint density at radius 1 is 1.09 bits per heavy atom. The zero-order valence-electron chi connectivity index (χ0n) is 12.6. The fraction of sp³-hybridized carbons (Fsp3) is 0.125. The van der Waals surface area contributed by atoms with Gasteiger partial charge in [-0.15, -0.1) is 10.2 Å². The van der Waals surface area contributed by atoms with Crippen LogP contribution in [0, 0.1) is 12.7 Å². The van der Waals surface area contributed by atoms with E-state index >= 15 is 0 Å². The summed E-state index contributed by atoms with van der Waals surface area (Å²) in [5.41, 5.74) is 1.22. The molecule has 0 saturated heterocycles. The average Bonchev–Trinajstić information content (AvgIpc) is 2.94. The topological polar surface area (TPSA) is 68.3 Å². The first kappa shape index (κ1) is 15.4. The monoisotopic (exact) mass is 331 g/mol. The highest BCUT2D eigenvalue weighted by molar-refractivity contribution is 7.93. The molecule has 0 radical (unpaired) electrons. The van der Waals surface area contributed by atoms with Crippen LogP contribution >= 0.6 is 0 Å². The van der Waals surface area contributed by atoms with Crippen molar-refractivity contribution in [3.63, 3.8) is 0 Å².